The zero-order chi connectivity index (χ0) is 20.1. The van der Waals surface area contributed by atoms with E-state index in [0.717, 1.165) is 10.2 Å². The Morgan fingerprint density at radius 1 is 1.28 bits per heavy atom. The predicted octanol–water partition coefficient (Wildman–Crippen LogP) is 0.329. The highest BCUT2D eigenvalue weighted by Gasteiger charge is 2.56. The van der Waals surface area contributed by atoms with Gasteiger partial charge < -0.3 is 15.5 Å². The molecule has 3 aliphatic rings. The van der Waals surface area contributed by atoms with Crippen LogP contribution in [0.15, 0.2) is 23.7 Å². The summed E-state index contributed by atoms with van der Waals surface area (Å²) < 4.78 is 0. The molecule has 5 amide bonds. The average Bonchev–Trinajstić information content (AvgIpc) is 3.12. The molecule has 2 aliphatic heterocycles. The van der Waals surface area contributed by atoms with Gasteiger partial charge in [-0.25, -0.2) is 9.78 Å². The molecular formula is C19H19N5O4S. The van der Waals surface area contributed by atoms with Crippen LogP contribution in [0.3, 0.4) is 0 Å². The smallest absolute Gasteiger partial charge is 0.322 e. The molecule has 0 radical (unpaired) electrons. The Bertz CT molecular complexity index is 1020. The predicted molar refractivity (Wildman–Crippen MR) is 104 cm³/mol. The number of hydrogen-bond acceptors (Lipinski definition) is 6. The van der Waals surface area contributed by atoms with Crippen molar-refractivity contribution in [3.8, 4) is 0 Å². The summed E-state index contributed by atoms with van der Waals surface area (Å²) in [5.74, 6) is 0.412. The Morgan fingerprint density at radius 2 is 2.07 bits per heavy atom. The van der Waals surface area contributed by atoms with Gasteiger partial charge in [-0.2, -0.15) is 0 Å². The summed E-state index contributed by atoms with van der Waals surface area (Å²) in [5, 5.41) is 10.5. The highest BCUT2D eigenvalue weighted by molar-refractivity contribution is 7.16. The summed E-state index contributed by atoms with van der Waals surface area (Å²) in [6, 6.07) is 2.46. The number of urea groups is 1. The van der Waals surface area contributed by atoms with Gasteiger partial charge in [0.2, 0.25) is 5.91 Å². The molecule has 0 aromatic carbocycles. The minimum absolute atomic E-state index is 0.0174. The Labute approximate surface area is 169 Å². The first-order valence-corrected chi connectivity index (χ1v) is 10.4. The molecule has 2 saturated heterocycles. The van der Waals surface area contributed by atoms with Crippen LogP contribution in [-0.2, 0) is 9.59 Å². The number of fused-ring (bicyclic) bond motifs is 2. The minimum Gasteiger partial charge on any atom is -0.352 e. The van der Waals surface area contributed by atoms with Crippen molar-refractivity contribution in [2.75, 3.05) is 19.6 Å². The van der Waals surface area contributed by atoms with Gasteiger partial charge >= 0.3 is 6.03 Å². The number of nitrogens with zero attached hydrogens (tertiary/aromatic N) is 2. The Hall–Kier alpha value is -3.01. The van der Waals surface area contributed by atoms with Gasteiger partial charge in [-0.3, -0.25) is 19.7 Å². The average molecular weight is 413 g/mol. The molecule has 1 aliphatic carbocycles. The van der Waals surface area contributed by atoms with Gasteiger partial charge in [0.1, 0.15) is 10.9 Å². The fourth-order valence-corrected chi connectivity index (χ4v) is 5.08. The molecule has 0 bridgehead atoms. The fraction of sp³-hybridized carbons (Fsp3) is 0.421. The number of rotatable bonds is 5. The molecule has 150 valence electrons. The van der Waals surface area contributed by atoms with Crippen LogP contribution < -0.4 is 16.0 Å². The second kappa shape index (κ2) is 6.80. The summed E-state index contributed by atoms with van der Waals surface area (Å²) in [5.41, 5.74) is 0.551. The summed E-state index contributed by atoms with van der Waals surface area (Å²) in [6.07, 6.45) is 1.58. The van der Waals surface area contributed by atoms with E-state index >= 15 is 0 Å². The van der Waals surface area contributed by atoms with E-state index in [9.17, 15) is 19.2 Å². The lowest BCUT2D eigenvalue weighted by Gasteiger charge is -2.21. The number of amides is 5. The highest BCUT2D eigenvalue weighted by atomic mass is 32.1. The molecule has 2 aromatic heterocycles. The number of piperidine rings is 1. The number of hydrogen-bond donors (Lipinski definition) is 3. The lowest BCUT2D eigenvalue weighted by Crippen LogP contribution is -2.39. The van der Waals surface area contributed by atoms with E-state index in [0.29, 0.717) is 43.0 Å². The van der Waals surface area contributed by atoms with E-state index < -0.39 is 18.0 Å². The number of carbonyl (C=O) groups is 4. The van der Waals surface area contributed by atoms with Crippen molar-refractivity contribution in [1.29, 1.82) is 0 Å². The molecule has 5 rings (SSSR count). The van der Waals surface area contributed by atoms with Gasteiger partial charge in [-0.1, -0.05) is 0 Å². The van der Waals surface area contributed by atoms with Crippen LogP contribution >= 0.6 is 11.3 Å². The number of carbonyl (C=O) groups excluding carboxylic acids is 4. The van der Waals surface area contributed by atoms with Crippen LogP contribution in [0, 0.1) is 17.8 Å². The Balaban J connectivity index is 1.09. The van der Waals surface area contributed by atoms with Crippen molar-refractivity contribution in [1.82, 2.24) is 25.8 Å². The lowest BCUT2D eigenvalue weighted by atomic mass is 10.1. The number of imide groups is 1. The zero-order valence-electron chi connectivity index (χ0n) is 15.4. The standard InChI is InChI=1S/C19H19N5O4S/c25-15(4-14-17(27)23-19(28)22-14)24-7-12-11(13(12)8-24)6-20-16(26)10-3-9-1-2-29-18(9)21-5-10/h1-3,5,11-14H,4,6-8H2,(H,20,26)(H2,22,23,27,28)/t11?,12?,13?,14-/m0/s1. The van der Waals surface area contributed by atoms with E-state index in [4.69, 9.17) is 0 Å². The molecule has 3 fully saturated rings. The number of likely N-dealkylation sites (tertiary alicyclic amines) is 1. The molecule has 9 nitrogen and oxygen atoms in total. The van der Waals surface area contributed by atoms with Gasteiger partial charge in [-0.15, -0.1) is 11.3 Å². The fourth-order valence-electron chi connectivity index (χ4n) is 4.36. The molecule has 0 spiro atoms. The summed E-state index contributed by atoms with van der Waals surface area (Å²) >= 11 is 1.54. The monoisotopic (exact) mass is 413 g/mol. The van der Waals surface area contributed by atoms with Crippen molar-refractivity contribution in [3.63, 3.8) is 0 Å². The normalized spacial score (nSPS) is 27.5. The van der Waals surface area contributed by atoms with Gasteiger partial charge in [-0.05, 0) is 35.3 Å². The molecule has 10 heteroatoms. The number of thiophene rings is 1. The third-order valence-corrected chi connectivity index (χ3v) is 6.86. The molecule has 2 aromatic rings. The second-order valence-electron chi connectivity index (χ2n) is 7.76. The lowest BCUT2D eigenvalue weighted by molar-refractivity contribution is -0.133. The van der Waals surface area contributed by atoms with E-state index in [-0.39, 0.29) is 18.2 Å². The number of pyridine rings is 1. The van der Waals surface area contributed by atoms with Crippen molar-refractivity contribution in [2.24, 2.45) is 17.8 Å². The third kappa shape index (κ3) is 3.33. The SMILES string of the molecule is O=C1NC(=O)[C@H](CC(=O)N2CC3C(CNC(=O)c4cnc5sccc5c4)C3C2)N1. The van der Waals surface area contributed by atoms with Crippen LogP contribution in [0.1, 0.15) is 16.8 Å². The Kier molecular flexibility index (Phi) is 4.23. The van der Waals surface area contributed by atoms with Crippen molar-refractivity contribution < 1.29 is 19.2 Å². The maximum atomic E-state index is 12.4. The molecule has 2 unspecified atom stereocenters. The van der Waals surface area contributed by atoms with Crippen LogP contribution in [0.25, 0.3) is 10.2 Å². The topological polar surface area (TPSA) is 121 Å². The van der Waals surface area contributed by atoms with Crippen molar-refractivity contribution in [2.45, 2.75) is 12.5 Å². The quantitative estimate of drug-likeness (QED) is 0.610. The van der Waals surface area contributed by atoms with Gasteiger partial charge in [0.15, 0.2) is 0 Å². The van der Waals surface area contributed by atoms with E-state index in [2.05, 4.69) is 20.9 Å². The van der Waals surface area contributed by atoms with Gasteiger partial charge in [0, 0.05) is 31.2 Å². The molecule has 4 heterocycles. The van der Waals surface area contributed by atoms with E-state index in [1.165, 1.54) is 0 Å². The first kappa shape index (κ1) is 18.0. The zero-order valence-corrected chi connectivity index (χ0v) is 16.2. The van der Waals surface area contributed by atoms with Crippen LogP contribution in [0.2, 0.25) is 0 Å². The van der Waals surface area contributed by atoms with E-state index in [1.807, 2.05) is 17.5 Å². The van der Waals surface area contributed by atoms with E-state index in [1.54, 1.807) is 22.4 Å². The molecule has 29 heavy (non-hydrogen) atoms. The second-order valence-corrected chi connectivity index (χ2v) is 8.65. The maximum Gasteiger partial charge on any atom is 0.322 e. The largest absolute Gasteiger partial charge is 0.352 e. The van der Waals surface area contributed by atoms with Gasteiger partial charge in [0.05, 0.1) is 12.0 Å². The molecular weight excluding hydrogens is 394 g/mol. The number of aromatic nitrogens is 1. The molecule has 3 N–H and O–H groups in total. The van der Waals surface area contributed by atoms with Crippen molar-refractivity contribution in [3.05, 3.63) is 29.3 Å². The summed E-state index contributed by atoms with van der Waals surface area (Å²) in [6.45, 7) is 1.85. The number of nitrogens with one attached hydrogen (secondary N) is 3. The minimum atomic E-state index is -0.781. The third-order valence-electron chi connectivity index (χ3n) is 6.03. The highest BCUT2D eigenvalue weighted by Crippen LogP contribution is 2.51. The first-order valence-electron chi connectivity index (χ1n) is 9.50. The van der Waals surface area contributed by atoms with Crippen LogP contribution in [0.4, 0.5) is 4.79 Å². The van der Waals surface area contributed by atoms with Crippen LogP contribution in [-0.4, -0.2) is 59.3 Å². The summed E-state index contributed by atoms with van der Waals surface area (Å²) in [7, 11) is 0. The van der Waals surface area contributed by atoms with Gasteiger partial charge in [0.25, 0.3) is 11.8 Å². The Morgan fingerprint density at radius 3 is 2.79 bits per heavy atom. The first-order chi connectivity index (χ1) is 14.0. The summed E-state index contributed by atoms with van der Waals surface area (Å²) in [4.78, 5) is 54.5. The van der Waals surface area contributed by atoms with Crippen LogP contribution in [0.5, 0.6) is 0 Å². The molecule has 3 atom stereocenters. The van der Waals surface area contributed by atoms with Crippen molar-refractivity contribution >= 4 is 45.3 Å². The molecule has 1 saturated carbocycles. The maximum absolute atomic E-state index is 12.4.